The number of carbonyl (C=O) groups excluding carboxylic acids is 8. The molecule has 0 radical (unpaired) electrons. The molecule has 0 aliphatic heterocycles. The molecule has 32 nitrogen and oxygen atoms in total. The number of nitrogens with one attached hydrogen (secondary N) is 6. The van der Waals surface area contributed by atoms with Gasteiger partial charge in [0.05, 0.1) is 79.3 Å². The Morgan fingerprint density at radius 1 is 0.275 bits per heavy atom. The largest absolute Gasteiger partial charge is 0.490 e. The van der Waals surface area contributed by atoms with Crippen LogP contribution in [0.3, 0.4) is 0 Å². The highest BCUT2D eigenvalue weighted by Crippen LogP contribution is 2.17. The van der Waals surface area contributed by atoms with Crippen molar-refractivity contribution in [3.8, 4) is 0 Å². The zero-order chi connectivity index (χ0) is 81.7. The van der Waals surface area contributed by atoms with Crippen molar-refractivity contribution in [2.45, 2.75) is 263 Å². The molecular weight excluding hydrogens is 1450 g/mol. The van der Waals surface area contributed by atoms with Crippen molar-refractivity contribution in [1.29, 1.82) is 0 Å². The summed E-state index contributed by atoms with van der Waals surface area (Å²) in [5, 5.41) is 59.0. The average Bonchev–Trinajstić information content (AvgIpc) is 0.939. The van der Waals surface area contributed by atoms with Crippen molar-refractivity contribution in [2.24, 2.45) is 0 Å². The van der Waals surface area contributed by atoms with Crippen LogP contribution >= 0.6 is 0 Å². The number of carboxylic acid groups (broad SMARTS) is 5. The van der Waals surface area contributed by atoms with E-state index in [1.165, 1.54) is 104 Å². The number of ether oxygens (including phenoxy) is 8. The first-order valence-electron chi connectivity index (χ1n) is 38.6. The zero-order valence-electron chi connectivity index (χ0n) is 64.7. The second-order valence-corrected chi connectivity index (χ2v) is 25.9. The number of carbonyl (C=O) groups is 13. The molecular formula is C74H131F3N6O26. The molecule has 0 unspecified atom stereocenters. The third-order valence-electron chi connectivity index (χ3n) is 15.8. The van der Waals surface area contributed by atoms with E-state index in [0.717, 1.165) is 77.0 Å². The fourth-order valence-electron chi connectivity index (χ4n) is 9.94. The molecule has 2 atom stereocenters. The quantitative estimate of drug-likeness (QED) is 0.0259. The smallest absolute Gasteiger partial charge is 0.481 e. The van der Waals surface area contributed by atoms with Crippen LogP contribution in [0, 0.1) is 0 Å². The summed E-state index contributed by atoms with van der Waals surface area (Å²) in [6, 6.07) is -2.26. The number of ketones is 2. The number of rotatable bonds is 76. The second-order valence-electron chi connectivity index (χ2n) is 25.9. The first-order valence-corrected chi connectivity index (χ1v) is 38.6. The van der Waals surface area contributed by atoms with Gasteiger partial charge in [-0.25, -0.2) is 14.4 Å². The molecule has 0 saturated carbocycles. The van der Waals surface area contributed by atoms with Gasteiger partial charge in [0.2, 0.25) is 35.4 Å². The number of hydrogen-bond donors (Lipinski definition) is 11. The van der Waals surface area contributed by atoms with Crippen LogP contribution in [0.2, 0.25) is 0 Å². The number of aliphatic carboxylic acids is 5. The lowest BCUT2D eigenvalue weighted by Gasteiger charge is -2.14. The normalized spacial score (nSPS) is 11.5. The van der Waals surface area contributed by atoms with Gasteiger partial charge in [-0.3, -0.25) is 47.9 Å². The van der Waals surface area contributed by atoms with Crippen molar-refractivity contribution >= 4 is 76.9 Å². The van der Waals surface area contributed by atoms with E-state index in [9.17, 15) is 80.9 Å². The first kappa shape index (κ1) is 106. The molecule has 0 bridgehead atoms. The Balaban J connectivity index is -0.00000189. The average molecular weight is 1580 g/mol. The lowest BCUT2D eigenvalue weighted by molar-refractivity contribution is -0.192. The van der Waals surface area contributed by atoms with E-state index in [1.54, 1.807) is 0 Å². The molecule has 0 aliphatic carbocycles. The van der Waals surface area contributed by atoms with Gasteiger partial charge < -0.3 is 95.3 Å². The van der Waals surface area contributed by atoms with Crippen LogP contribution in [0.4, 0.5) is 13.2 Å². The van der Waals surface area contributed by atoms with E-state index in [2.05, 4.69) is 31.9 Å². The predicted molar refractivity (Wildman–Crippen MR) is 394 cm³/mol. The van der Waals surface area contributed by atoms with Gasteiger partial charge in [-0.05, 0) is 52.4 Å². The van der Waals surface area contributed by atoms with E-state index >= 15 is 0 Å². The van der Waals surface area contributed by atoms with Crippen LogP contribution < -0.4 is 31.9 Å². The van der Waals surface area contributed by atoms with Gasteiger partial charge in [0.1, 0.15) is 38.5 Å². The number of carboxylic acids is 5. The Morgan fingerprint density at radius 2 is 0.486 bits per heavy atom. The lowest BCUT2D eigenvalue weighted by atomic mass is 10.0. The fourth-order valence-corrected chi connectivity index (χ4v) is 9.94. The minimum absolute atomic E-state index is 0.0157. The molecule has 6 amide bonds. The molecule has 0 saturated heterocycles. The molecule has 0 aromatic carbocycles. The van der Waals surface area contributed by atoms with Gasteiger partial charge in [0.15, 0.2) is 11.6 Å². The molecule has 0 aromatic rings. The molecule has 0 spiro atoms. The molecule has 0 fully saturated rings. The van der Waals surface area contributed by atoms with E-state index in [1.807, 2.05) is 0 Å². The summed E-state index contributed by atoms with van der Waals surface area (Å²) in [4.78, 5) is 147. The third kappa shape index (κ3) is 86.4. The van der Waals surface area contributed by atoms with Gasteiger partial charge in [-0.2, -0.15) is 13.2 Å². The minimum atomic E-state index is -5.08. The van der Waals surface area contributed by atoms with E-state index in [-0.39, 0.29) is 178 Å². The summed E-state index contributed by atoms with van der Waals surface area (Å²) in [7, 11) is 0. The summed E-state index contributed by atoms with van der Waals surface area (Å²) in [5.41, 5.74) is 0. The Kier molecular flexibility index (Phi) is 75.7. The van der Waals surface area contributed by atoms with Crippen LogP contribution in [-0.2, 0) is 100 Å². The maximum absolute atomic E-state index is 12.3. The van der Waals surface area contributed by atoms with E-state index in [4.69, 9.17) is 58.0 Å². The van der Waals surface area contributed by atoms with Crippen LogP contribution in [0.5, 0.6) is 0 Å². The maximum atomic E-state index is 12.3. The SMILES string of the molecule is CC(=O)COCCOCCNC(=O)COCCOCCNC(=O)CC[C@H](NC(=O)CCCCCCCCCCCCCCCCC(=O)O)C(=O)O.CC(=O)COCCOCCNC(=O)COCCOCCNC(=O)CC[C@H](NC(=O)CCCCCCCCCCCCCCCCC(=O)O)C(=O)O.O=C(O)C(F)(F)F. The summed E-state index contributed by atoms with van der Waals surface area (Å²) in [5.74, 6) is -8.57. The number of unbranched alkanes of at least 4 members (excludes halogenated alkanes) is 26. The third-order valence-corrected chi connectivity index (χ3v) is 15.8. The van der Waals surface area contributed by atoms with E-state index in [0.29, 0.717) is 65.6 Å². The Hall–Kier alpha value is -7.02. The number of Topliss-reactive ketones (excluding diaryl/α,β-unsaturated/α-hetero) is 2. The van der Waals surface area contributed by atoms with Gasteiger partial charge in [0.25, 0.3) is 0 Å². The minimum Gasteiger partial charge on any atom is -0.481 e. The van der Waals surface area contributed by atoms with Crippen molar-refractivity contribution in [3.63, 3.8) is 0 Å². The topological polar surface area (TPSA) is 469 Å². The highest BCUT2D eigenvalue weighted by molar-refractivity contribution is 5.85. The fraction of sp³-hybridized carbons (Fsp3) is 0.824. The number of amides is 6. The number of halogens is 3. The number of alkyl halides is 3. The van der Waals surface area contributed by atoms with Gasteiger partial charge in [-0.15, -0.1) is 0 Å². The highest BCUT2D eigenvalue weighted by atomic mass is 19.4. The summed E-state index contributed by atoms with van der Waals surface area (Å²) in [6.07, 6.45) is 26.1. The molecule has 11 N–H and O–H groups in total. The van der Waals surface area contributed by atoms with E-state index < -0.39 is 48.1 Å². The molecule has 35 heteroatoms. The molecule has 634 valence electrons. The standard InChI is InChI=1S/2C36H65N3O12.C2HF3O2/c2*1-30(40)28-50-26-24-49-23-21-38-34(43)29-51-27-25-48-22-20-37-32(41)19-18-31(36(46)47)39-33(42)16-14-12-10-8-6-4-2-3-5-7-9-11-13-15-17-35(44)45;3-2(4,5)1(6)7/h2*31H,2-29H2,1H3,(H,37,41)(H,38,43)(H,39,42)(H,44,45)(H,46,47);(H,6,7)/t2*31-;/m00./s1. The van der Waals surface area contributed by atoms with Gasteiger partial charge in [-0.1, -0.05) is 154 Å². The summed E-state index contributed by atoms with van der Waals surface area (Å²) >= 11 is 0. The second kappa shape index (κ2) is 77.7. The van der Waals surface area contributed by atoms with Crippen LogP contribution in [0.15, 0.2) is 0 Å². The van der Waals surface area contributed by atoms with Crippen LogP contribution in [0.25, 0.3) is 0 Å². The monoisotopic (exact) mass is 1580 g/mol. The first-order chi connectivity index (χ1) is 52.2. The maximum Gasteiger partial charge on any atom is 0.490 e. The predicted octanol–water partition coefficient (Wildman–Crippen LogP) is 7.73. The molecule has 0 aliphatic rings. The van der Waals surface area contributed by atoms with Crippen LogP contribution in [-0.4, -0.2) is 253 Å². The summed E-state index contributed by atoms with van der Waals surface area (Å²) < 4.78 is 73.6. The van der Waals surface area contributed by atoms with Crippen molar-refractivity contribution in [2.75, 3.05) is 132 Å². The molecule has 0 aromatic heterocycles. The molecule has 0 heterocycles. The van der Waals surface area contributed by atoms with Crippen LogP contribution in [0.1, 0.15) is 245 Å². The lowest BCUT2D eigenvalue weighted by Crippen LogP contribution is -2.41. The van der Waals surface area contributed by atoms with Crippen molar-refractivity contribution in [3.05, 3.63) is 0 Å². The summed E-state index contributed by atoms with van der Waals surface area (Å²) in [6.45, 7) is 6.94. The Labute approximate surface area is 640 Å². The highest BCUT2D eigenvalue weighted by Gasteiger charge is 2.38. The van der Waals surface area contributed by atoms with Gasteiger partial charge in [0, 0.05) is 64.7 Å². The van der Waals surface area contributed by atoms with Gasteiger partial charge >= 0.3 is 36.0 Å². The number of hydrogen-bond acceptors (Lipinski definition) is 21. The molecule has 109 heavy (non-hydrogen) atoms. The van der Waals surface area contributed by atoms with Crippen molar-refractivity contribution in [1.82, 2.24) is 31.9 Å². The van der Waals surface area contributed by atoms with Crippen molar-refractivity contribution < 1.29 is 139 Å². The Morgan fingerprint density at radius 3 is 0.706 bits per heavy atom. The molecule has 0 rings (SSSR count). The Bertz CT molecular complexity index is 2270. The zero-order valence-corrected chi connectivity index (χ0v) is 64.7.